The predicted octanol–water partition coefficient (Wildman–Crippen LogP) is 9.46. The number of nitrogens with one attached hydrogen (secondary N) is 2. The van der Waals surface area contributed by atoms with Crippen LogP contribution in [0.15, 0.2) is 36.4 Å². The Morgan fingerprint density at radius 3 is 1.30 bits per heavy atom. The fourth-order valence-corrected chi connectivity index (χ4v) is 10.3. The summed E-state index contributed by atoms with van der Waals surface area (Å²) in [6.07, 6.45) is 0. The van der Waals surface area contributed by atoms with Crippen LogP contribution in [0.4, 0.5) is 0 Å². The summed E-state index contributed by atoms with van der Waals surface area (Å²) in [5.41, 5.74) is 1.30. The van der Waals surface area contributed by atoms with Gasteiger partial charge in [-0.3, -0.25) is 9.59 Å². The number of fused-ring (bicyclic) bond motifs is 6. The van der Waals surface area contributed by atoms with Crippen molar-refractivity contribution in [1.29, 1.82) is 0 Å². The number of rotatable bonds is 11. The van der Waals surface area contributed by atoms with Crippen LogP contribution in [0.3, 0.4) is 0 Å². The second-order valence-electron chi connectivity index (χ2n) is 13.3. The summed E-state index contributed by atoms with van der Waals surface area (Å²) in [5, 5.41) is 9.59. The molecule has 0 aliphatic carbocycles. The molecule has 6 aromatic rings. The normalized spacial score (nSPS) is 13.1. The zero-order valence-corrected chi connectivity index (χ0v) is 32.5. The molecule has 0 radical (unpaired) electrons. The fourth-order valence-electron chi connectivity index (χ4n) is 6.22. The molecular weight excluding hydrogens is 709 g/mol. The highest BCUT2D eigenvalue weighted by atomic mass is 32.1. The van der Waals surface area contributed by atoms with Crippen LogP contribution in [0.25, 0.3) is 51.5 Å². The number of ether oxygens (including phenoxy) is 2. The Bertz CT molecular complexity index is 2130. The Morgan fingerprint density at radius 1 is 0.600 bits per heavy atom. The van der Waals surface area contributed by atoms with Gasteiger partial charge in [0.25, 0.3) is 0 Å². The quantitative estimate of drug-likeness (QED) is 0.128. The van der Waals surface area contributed by atoms with E-state index in [1.54, 1.807) is 22.7 Å². The lowest BCUT2D eigenvalue weighted by molar-refractivity contribution is -0.121. The van der Waals surface area contributed by atoms with Gasteiger partial charge in [0.1, 0.15) is 23.0 Å². The number of esters is 2. The minimum absolute atomic E-state index is 0.00370. The molecule has 2 N–H and O–H groups in total. The van der Waals surface area contributed by atoms with E-state index in [1.165, 1.54) is 36.5 Å². The SMILES string of the molecule is CC(=O)N[C@H](COC(=O)c1sc2ccc3sc(C)cc3c2c1-c1c(C(=O)OC[C@@H](NC(C)=O)C(C)C)sc2ccc3sc(C)cc3c12)C(C)C. The van der Waals surface area contributed by atoms with Gasteiger partial charge in [0.2, 0.25) is 11.8 Å². The van der Waals surface area contributed by atoms with Crippen molar-refractivity contribution in [1.82, 2.24) is 10.6 Å². The van der Waals surface area contributed by atoms with Crippen molar-refractivity contribution in [2.45, 2.75) is 67.5 Å². The number of hydrogen-bond donors (Lipinski definition) is 2. The Labute approximate surface area is 306 Å². The van der Waals surface area contributed by atoms with Gasteiger partial charge >= 0.3 is 11.9 Å². The lowest BCUT2D eigenvalue weighted by Gasteiger charge is -2.21. The molecule has 262 valence electrons. The third-order valence-electron chi connectivity index (χ3n) is 8.75. The topological polar surface area (TPSA) is 111 Å². The average molecular weight is 749 g/mol. The Balaban J connectivity index is 1.59. The van der Waals surface area contributed by atoms with Gasteiger partial charge in [0.05, 0.1) is 12.1 Å². The van der Waals surface area contributed by atoms with Crippen LogP contribution in [0.5, 0.6) is 0 Å². The summed E-state index contributed by atoms with van der Waals surface area (Å²) in [6.45, 7) is 14.9. The van der Waals surface area contributed by atoms with Crippen molar-refractivity contribution < 1.29 is 28.7 Å². The highest BCUT2D eigenvalue weighted by molar-refractivity contribution is 7.24. The standard InChI is InChI=1S/C38H40N2O6S4/c1-17(2)25(39-21(7)41)15-45-37(43)35-33(31-23-13-19(5)47-27(23)9-11-29(31)49-35)34-32-24-14-20(6)48-28(24)10-12-30(32)50-36(34)38(44)46-16-26(18(3)4)40-22(8)42/h9-14,17-18,25-26H,15-16H2,1-8H3,(H,39,41)(H,40,42)/t25-,26-/m1/s1. The Morgan fingerprint density at radius 2 is 0.960 bits per heavy atom. The van der Waals surface area contributed by atoms with Crippen LogP contribution >= 0.6 is 45.3 Å². The molecule has 0 unspecified atom stereocenters. The van der Waals surface area contributed by atoms with Gasteiger partial charge in [-0.05, 0) is 62.1 Å². The first-order valence-corrected chi connectivity index (χ1v) is 19.8. The van der Waals surface area contributed by atoms with Gasteiger partial charge in [0, 0.05) is 75.1 Å². The molecule has 0 aliphatic heterocycles. The summed E-state index contributed by atoms with van der Waals surface area (Å²) in [4.78, 5) is 55.5. The van der Waals surface area contributed by atoms with E-state index in [0.29, 0.717) is 20.9 Å². The van der Waals surface area contributed by atoms with Gasteiger partial charge in [-0.25, -0.2) is 9.59 Å². The molecule has 6 rings (SSSR count). The molecule has 8 nitrogen and oxygen atoms in total. The van der Waals surface area contributed by atoms with Crippen molar-refractivity contribution in [2.75, 3.05) is 13.2 Å². The molecule has 12 heteroatoms. The maximum absolute atomic E-state index is 14.3. The number of benzene rings is 2. The molecule has 0 bridgehead atoms. The molecule has 50 heavy (non-hydrogen) atoms. The van der Waals surface area contributed by atoms with Gasteiger partial charge < -0.3 is 20.1 Å². The molecule has 0 saturated carbocycles. The number of carbonyl (C=O) groups is 4. The summed E-state index contributed by atoms with van der Waals surface area (Å²) >= 11 is 6.05. The van der Waals surface area contributed by atoms with Crippen molar-refractivity contribution in [2.24, 2.45) is 11.8 Å². The third kappa shape index (κ3) is 7.03. The minimum atomic E-state index is -0.518. The maximum Gasteiger partial charge on any atom is 0.349 e. The van der Waals surface area contributed by atoms with Crippen molar-refractivity contribution in [3.05, 3.63) is 55.9 Å². The zero-order valence-electron chi connectivity index (χ0n) is 29.3. The molecule has 0 spiro atoms. The number of aryl methyl sites for hydroxylation is 2. The van der Waals surface area contributed by atoms with Crippen LogP contribution < -0.4 is 10.6 Å². The number of thiophene rings is 4. The van der Waals surface area contributed by atoms with Crippen LogP contribution in [-0.2, 0) is 19.1 Å². The highest BCUT2D eigenvalue weighted by Gasteiger charge is 2.32. The third-order valence-corrected chi connectivity index (χ3v) is 13.0. The Kier molecular flexibility index (Phi) is 10.4. The van der Waals surface area contributed by atoms with E-state index in [2.05, 4.69) is 48.7 Å². The van der Waals surface area contributed by atoms with Gasteiger partial charge in [-0.1, -0.05) is 27.7 Å². The summed E-state index contributed by atoms with van der Waals surface area (Å²) in [6, 6.07) is 11.8. The van der Waals surface area contributed by atoms with Crippen LogP contribution in [0, 0.1) is 25.7 Å². The monoisotopic (exact) mass is 748 g/mol. The minimum Gasteiger partial charge on any atom is -0.459 e. The highest BCUT2D eigenvalue weighted by Crippen LogP contribution is 2.51. The van der Waals surface area contributed by atoms with Gasteiger partial charge in [-0.15, -0.1) is 45.3 Å². The molecule has 2 aromatic carbocycles. The molecule has 0 saturated heterocycles. The lowest BCUT2D eigenvalue weighted by Crippen LogP contribution is -2.41. The summed E-state index contributed by atoms with van der Waals surface area (Å²) < 4.78 is 15.9. The first kappa shape index (κ1) is 36.0. The molecule has 2 atom stereocenters. The van der Waals surface area contributed by atoms with Crippen LogP contribution in [0.1, 0.15) is 70.6 Å². The van der Waals surface area contributed by atoms with E-state index >= 15 is 0 Å². The van der Waals surface area contributed by atoms with Crippen molar-refractivity contribution >= 4 is 109 Å². The zero-order chi connectivity index (χ0) is 36.0. The summed E-state index contributed by atoms with van der Waals surface area (Å²) in [5.74, 6) is -1.36. The number of hydrogen-bond acceptors (Lipinski definition) is 10. The van der Waals surface area contributed by atoms with E-state index in [-0.39, 0.29) is 48.9 Å². The molecule has 4 aromatic heterocycles. The smallest absolute Gasteiger partial charge is 0.349 e. The van der Waals surface area contributed by atoms with Crippen molar-refractivity contribution in [3.8, 4) is 11.1 Å². The fraction of sp³-hybridized carbons (Fsp3) is 0.368. The van der Waals surface area contributed by atoms with Gasteiger partial charge in [0.15, 0.2) is 0 Å². The van der Waals surface area contributed by atoms with Crippen LogP contribution in [0.2, 0.25) is 0 Å². The molecule has 2 amide bonds. The van der Waals surface area contributed by atoms with Gasteiger partial charge in [-0.2, -0.15) is 0 Å². The largest absolute Gasteiger partial charge is 0.459 e. The van der Waals surface area contributed by atoms with E-state index in [9.17, 15) is 19.2 Å². The van der Waals surface area contributed by atoms with Crippen molar-refractivity contribution in [3.63, 3.8) is 0 Å². The molecule has 4 heterocycles. The predicted molar refractivity (Wildman–Crippen MR) is 208 cm³/mol. The first-order valence-electron chi connectivity index (χ1n) is 16.5. The second kappa shape index (κ2) is 14.4. The van der Waals surface area contributed by atoms with Crippen LogP contribution in [-0.4, -0.2) is 49.1 Å². The van der Waals surface area contributed by atoms with E-state index < -0.39 is 11.9 Å². The lowest BCUT2D eigenvalue weighted by atomic mass is 9.95. The molecule has 0 aliphatic rings. The first-order chi connectivity index (χ1) is 23.7. The number of carbonyl (C=O) groups excluding carboxylic acids is 4. The van der Waals surface area contributed by atoms with E-state index in [1.807, 2.05) is 39.8 Å². The molecular formula is C38H40N2O6S4. The summed E-state index contributed by atoms with van der Waals surface area (Å²) in [7, 11) is 0. The number of amides is 2. The van der Waals surface area contributed by atoms with E-state index in [4.69, 9.17) is 9.47 Å². The Hall–Kier alpha value is -3.84. The maximum atomic E-state index is 14.3. The second-order valence-corrected chi connectivity index (χ2v) is 18.0. The molecule has 0 fully saturated rings. The average Bonchev–Trinajstić information content (AvgIpc) is 3.80. The van der Waals surface area contributed by atoms with E-state index in [0.717, 1.165) is 50.1 Å².